The van der Waals surface area contributed by atoms with Crippen molar-refractivity contribution in [1.82, 2.24) is 14.9 Å². The van der Waals surface area contributed by atoms with Crippen molar-refractivity contribution in [2.45, 2.75) is 39.3 Å². The summed E-state index contributed by atoms with van der Waals surface area (Å²) in [5, 5.41) is 12.2. The van der Waals surface area contributed by atoms with E-state index in [9.17, 15) is 4.79 Å². The molecule has 7 nitrogen and oxygen atoms in total. The first-order valence-electron chi connectivity index (χ1n) is 11.6. The minimum Gasteiger partial charge on any atom is -0.493 e. The fraction of sp³-hybridized carbons (Fsp3) is 0.308. The minimum atomic E-state index is -3.23. The third-order valence-corrected chi connectivity index (χ3v) is 7.14. The zero-order valence-electron chi connectivity index (χ0n) is 19.8. The maximum atomic E-state index is 15.4. The Hall–Kier alpha value is -3.84. The maximum absolute atomic E-state index is 15.4. The molecule has 0 spiro atoms. The number of hydrogen-bond donors (Lipinski definition) is 1. The Morgan fingerprint density at radius 2 is 2.14 bits per heavy atom. The summed E-state index contributed by atoms with van der Waals surface area (Å²) in [4.78, 5) is 16.5. The number of nitrogens with zero attached hydrogens (tertiary/aromatic N) is 4. The van der Waals surface area contributed by atoms with Crippen molar-refractivity contribution in [3.63, 3.8) is 0 Å². The lowest BCUT2D eigenvalue weighted by atomic mass is 10.2. The molecule has 3 aromatic rings. The number of carbonyl (C=O) groups is 1. The molecule has 1 N–H and O–H groups in total. The van der Waals surface area contributed by atoms with Crippen molar-refractivity contribution in [2.75, 3.05) is 13.2 Å². The molecule has 10 heteroatoms. The molecule has 0 bridgehead atoms. The molecule has 0 radical (unpaired) electrons. The van der Waals surface area contributed by atoms with E-state index in [0.717, 1.165) is 24.9 Å². The average molecular weight is 509 g/mol. The highest BCUT2D eigenvalue weighted by atomic mass is 32.1. The molecule has 1 amide bonds. The zero-order valence-corrected chi connectivity index (χ0v) is 20.7. The van der Waals surface area contributed by atoms with Gasteiger partial charge in [0.25, 0.3) is 0 Å². The van der Waals surface area contributed by atoms with Gasteiger partial charge in [-0.3, -0.25) is 4.79 Å². The van der Waals surface area contributed by atoms with Gasteiger partial charge in [-0.05, 0) is 50.1 Å². The summed E-state index contributed by atoms with van der Waals surface area (Å²) in [5.41, 5.74) is 3.42. The molecule has 2 aliphatic rings. The van der Waals surface area contributed by atoms with Crippen molar-refractivity contribution in [2.24, 2.45) is 0 Å². The molecule has 1 aromatic carbocycles. The summed E-state index contributed by atoms with van der Waals surface area (Å²) in [7, 11) is 0. The van der Waals surface area contributed by atoms with Crippen molar-refractivity contribution in [1.29, 1.82) is 5.26 Å². The van der Waals surface area contributed by atoms with Crippen molar-refractivity contribution in [3.05, 3.63) is 64.1 Å². The number of alkyl halides is 2. The molecule has 0 saturated carbocycles. The summed E-state index contributed by atoms with van der Waals surface area (Å²) >= 11 is 1.31. The first-order chi connectivity index (χ1) is 17.3. The molecule has 0 unspecified atom stereocenters. The van der Waals surface area contributed by atoms with Crippen molar-refractivity contribution < 1.29 is 22.9 Å². The van der Waals surface area contributed by atoms with Crippen LogP contribution in [-0.2, 0) is 11.0 Å². The smallest absolute Gasteiger partial charge is 0.493 e. The van der Waals surface area contributed by atoms with Crippen LogP contribution in [0.15, 0.2) is 42.1 Å². The second-order valence-corrected chi connectivity index (χ2v) is 9.77. The van der Waals surface area contributed by atoms with Gasteiger partial charge in [0.2, 0.25) is 11.6 Å². The fourth-order valence-corrected chi connectivity index (χ4v) is 5.38. The summed E-state index contributed by atoms with van der Waals surface area (Å²) in [6.45, 7) is 4.32. The standard InChI is InChI=1S/C26H23F2N5O2S/c1-16-12-17(2)32-22(16)13-19-5-4-18(33(19)26(32,27)28)6-9-24(34)30-10-3-11-35-20-7-8-21-23(14-20)36-25(15-29)31-21/h4-5,7-8,12-14H,3,6,9-11H2,1-2H3/p+1. The van der Waals surface area contributed by atoms with E-state index < -0.39 is 6.17 Å². The second-order valence-electron chi connectivity index (χ2n) is 8.74. The van der Waals surface area contributed by atoms with E-state index in [-0.39, 0.29) is 18.7 Å². The molecular formula is C26H24F2N5O2S+. The first kappa shape index (κ1) is 23.9. The third kappa shape index (κ3) is 4.31. The number of aryl methyl sites for hydroxylation is 2. The molecule has 2 aromatic heterocycles. The van der Waals surface area contributed by atoms with E-state index in [1.165, 1.54) is 11.3 Å². The first-order valence-corrected chi connectivity index (χ1v) is 12.4. The van der Waals surface area contributed by atoms with Crippen LogP contribution >= 0.6 is 11.3 Å². The van der Waals surface area contributed by atoms with Gasteiger partial charge in [0.05, 0.1) is 22.5 Å². The number of carbonyl (C=O) groups excluding carboxylic acids is 1. The number of nitrogens with one attached hydrogen (secondary N) is 1. The number of ether oxygens (including phenoxy) is 1. The van der Waals surface area contributed by atoms with Gasteiger partial charge in [-0.25, -0.2) is 9.55 Å². The van der Waals surface area contributed by atoms with Crippen LogP contribution in [0.25, 0.3) is 16.3 Å². The van der Waals surface area contributed by atoms with Crippen LogP contribution in [0.2, 0.25) is 0 Å². The fourth-order valence-electron chi connectivity index (χ4n) is 4.59. The molecule has 0 atom stereocenters. The maximum Gasteiger partial charge on any atom is 0.565 e. The van der Waals surface area contributed by atoms with Gasteiger partial charge in [0.1, 0.15) is 11.8 Å². The monoisotopic (exact) mass is 508 g/mol. The lowest BCUT2D eigenvalue weighted by Crippen LogP contribution is -2.41. The van der Waals surface area contributed by atoms with Gasteiger partial charge in [0, 0.05) is 43.3 Å². The van der Waals surface area contributed by atoms with Gasteiger partial charge in [0.15, 0.2) is 10.7 Å². The predicted octanol–water partition coefficient (Wildman–Crippen LogP) is 4.84. The number of fused-ring (bicyclic) bond motifs is 3. The Bertz CT molecular complexity index is 1510. The van der Waals surface area contributed by atoms with E-state index in [2.05, 4.69) is 10.3 Å². The Morgan fingerprint density at radius 3 is 2.94 bits per heavy atom. The summed E-state index contributed by atoms with van der Waals surface area (Å²) in [6.07, 6.45) is 2.78. The topological polar surface area (TPSA) is 83.0 Å². The molecular weight excluding hydrogens is 484 g/mol. The van der Waals surface area contributed by atoms with Crippen LogP contribution in [0.4, 0.5) is 8.78 Å². The van der Waals surface area contributed by atoms with Crippen molar-refractivity contribution in [3.8, 4) is 11.8 Å². The Balaban J connectivity index is 1.11. The number of aromatic nitrogens is 2. The predicted molar refractivity (Wildman–Crippen MR) is 133 cm³/mol. The number of halogens is 2. The van der Waals surface area contributed by atoms with Crippen LogP contribution in [0.3, 0.4) is 0 Å². The number of hydrogen-bond acceptors (Lipinski definition) is 5. The quantitative estimate of drug-likeness (QED) is 0.268. The molecule has 184 valence electrons. The molecule has 36 heavy (non-hydrogen) atoms. The normalized spacial score (nSPS) is 15.5. The van der Waals surface area contributed by atoms with Gasteiger partial charge in [-0.15, -0.1) is 24.7 Å². The number of rotatable bonds is 8. The zero-order chi connectivity index (χ0) is 25.4. The summed E-state index contributed by atoms with van der Waals surface area (Å²) < 4.78 is 39.5. The molecule has 0 aliphatic carbocycles. The number of allylic oxidation sites excluding steroid dienone is 2. The van der Waals surface area contributed by atoms with E-state index in [0.29, 0.717) is 53.1 Å². The molecule has 0 fully saturated rings. The lowest BCUT2D eigenvalue weighted by molar-refractivity contribution is -0.674. The van der Waals surface area contributed by atoms with Gasteiger partial charge < -0.3 is 10.1 Å². The van der Waals surface area contributed by atoms with E-state index in [4.69, 9.17) is 10.00 Å². The molecule has 4 heterocycles. The van der Waals surface area contributed by atoms with E-state index in [1.54, 1.807) is 37.3 Å². The van der Waals surface area contributed by atoms with Crippen LogP contribution < -0.4 is 10.1 Å². The Morgan fingerprint density at radius 1 is 1.31 bits per heavy atom. The SMILES string of the molecule is Cc1cc(C)n2c1C=C1C=CC(CCC(=O)NCCCOc3ccc4nc(C#N)sc4c3)=[N+]1C2(F)F. The highest BCUT2D eigenvalue weighted by molar-refractivity contribution is 7.19. The Kier molecular flexibility index (Phi) is 6.18. The highest BCUT2D eigenvalue weighted by Crippen LogP contribution is 2.39. The largest absolute Gasteiger partial charge is 0.565 e. The van der Waals surface area contributed by atoms with E-state index in [1.807, 2.05) is 25.1 Å². The van der Waals surface area contributed by atoms with Crippen LogP contribution in [-0.4, -0.2) is 38.9 Å². The molecule has 5 rings (SSSR count). The minimum absolute atomic E-state index is 0.111. The summed E-state index contributed by atoms with van der Waals surface area (Å²) in [5.74, 6) is 0.478. The molecule has 0 saturated heterocycles. The third-order valence-electron chi connectivity index (χ3n) is 6.21. The van der Waals surface area contributed by atoms with E-state index >= 15 is 8.78 Å². The van der Waals surface area contributed by atoms with Crippen LogP contribution in [0.5, 0.6) is 5.75 Å². The summed E-state index contributed by atoms with van der Waals surface area (Å²) in [6, 6.07) is 9.25. The van der Waals surface area contributed by atoms with Gasteiger partial charge in [-0.2, -0.15) is 5.26 Å². The molecule has 2 aliphatic heterocycles. The van der Waals surface area contributed by atoms with Crippen molar-refractivity contribution >= 4 is 39.2 Å². The van der Waals surface area contributed by atoms with Crippen LogP contribution in [0.1, 0.15) is 41.2 Å². The number of amides is 1. The van der Waals surface area contributed by atoms with Gasteiger partial charge >= 0.3 is 6.17 Å². The average Bonchev–Trinajstić information content (AvgIpc) is 3.52. The number of benzene rings is 1. The Labute approximate surface area is 210 Å². The van der Waals surface area contributed by atoms with Crippen LogP contribution in [0, 0.1) is 25.2 Å². The second kappa shape index (κ2) is 9.32. The lowest BCUT2D eigenvalue weighted by Gasteiger charge is -2.22. The van der Waals surface area contributed by atoms with Gasteiger partial charge in [-0.1, -0.05) is 0 Å². The highest BCUT2D eigenvalue weighted by Gasteiger charge is 2.54. The number of thiazole rings is 1. The number of nitriles is 1.